The summed E-state index contributed by atoms with van der Waals surface area (Å²) in [5.74, 6) is 0.486. The van der Waals surface area contributed by atoms with Crippen molar-refractivity contribution >= 4 is 5.91 Å². The van der Waals surface area contributed by atoms with Crippen molar-refractivity contribution in [2.75, 3.05) is 27.2 Å². The summed E-state index contributed by atoms with van der Waals surface area (Å²) in [4.78, 5) is 17.4. The van der Waals surface area contributed by atoms with Gasteiger partial charge >= 0.3 is 0 Å². The Kier molecular flexibility index (Phi) is 6.04. The number of hydrogen-bond donors (Lipinski definition) is 0. The fourth-order valence-electron chi connectivity index (χ4n) is 2.95. The van der Waals surface area contributed by atoms with Crippen molar-refractivity contribution in [2.45, 2.75) is 13.5 Å². The van der Waals surface area contributed by atoms with Gasteiger partial charge in [-0.1, -0.05) is 65.8 Å². The third-order valence-electron chi connectivity index (χ3n) is 4.44. The molecule has 1 amide bonds. The monoisotopic (exact) mass is 363 g/mol. The van der Waals surface area contributed by atoms with E-state index in [0.29, 0.717) is 30.1 Å². The highest BCUT2D eigenvalue weighted by Gasteiger charge is 2.26. The Balaban J connectivity index is 1.93. The highest BCUT2D eigenvalue weighted by Crippen LogP contribution is 2.26. The molecule has 0 spiro atoms. The fraction of sp³-hybridized carbons (Fsp3) is 0.273. The topological polar surface area (TPSA) is 49.6 Å². The second kappa shape index (κ2) is 8.64. The summed E-state index contributed by atoms with van der Waals surface area (Å²) in [6, 6.07) is 19.7. The van der Waals surface area contributed by atoms with Gasteiger partial charge in [0.1, 0.15) is 17.0 Å². The van der Waals surface area contributed by atoms with Crippen molar-refractivity contribution in [3.05, 3.63) is 77.6 Å². The summed E-state index contributed by atoms with van der Waals surface area (Å²) in [7, 11) is 4.01. The van der Waals surface area contributed by atoms with Gasteiger partial charge in [0, 0.05) is 25.2 Å². The zero-order chi connectivity index (χ0) is 19.2. The third-order valence-corrected chi connectivity index (χ3v) is 4.44. The predicted octanol–water partition coefficient (Wildman–Crippen LogP) is 3.85. The lowest BCUT2D eigenvalue weighted by Crippen LogP contribution is -2.36. The summed E-state index contributed by atoms with van der Waals surface area (Å²) in [6.45, 7) is 3.74. The normalized spacial score (nSPS) is 11.0. The van der Waals surface area contributed by atoms with Gasteiger partial charge in [-0.3, -0.25) is 4.79 Å². The maximum absolute atomic E-state index is 13.4. The Morgan fingerprint density at radius 1 is 0.963 bits per heavy atom. The van der Waals surface area contributed by atoms with E-state index in [-0.39, 0.29) is 5.91 Å². The molecule has 0 N–H and O–H groups in total. The van der Waals surface area contributed by atoms with Crippen LogP contribution in [0.5, 0.6) is 0 Å². The SMILES string of the molecule is Cc1onc(-c2ccccc2)c1C(=O)N(CCN(C)C)Cc1ccccc1. The Morgan fingerprint density at radius 2 is 1.59 bits per heavy atom. The minimum atomic E-state index is -0.0571. The van der Waals surface area contributed by atoms with Gasteiger partial charge in [0.15, 0.2) is 0 Å². The zero-order valence-electron chi connectivity index (χ0n) is 16.1. The van der Waals surface area contributed by atoms with Gasteiger partial charge in [0.25, 0.3) is 5.91 Å². The predicted molar refractivity (Wildman–Crippen MR) is 106 cm³/mol. The highest BCUT2D eigenvalue weighted by molar-refractivity contribution is 6.00. The molecule has 0 aliphatic rings. The van der Waals surface area contributed by atoms with Gasteiger partial charge in [-0.15, -0.1) is 0 Å². The van der Waals surface area contributed by atoms with Crippen LogP contribution in [0.15, 0.2) is 65.2 Å². The summed E-state index contributed by atoms with van der Waals surface area (Å²) in [6.07, 6.45) is 0. The smallest absolute Gasteiger partial charge is 0.260 e. The lowest BCUT2D eigenvalue weighted by Gasteiger charge is -2.24. The van der Waals surface area contributed by atoms with Crippen LogP contribution in [0.4, 0.5) is 0 Å². The van der Waals surface area contributed by atoms with E-state index in [1.165, 1.54) is 0 Å². The van der Waals surface area contributed by atoms with Gasteiger partial charge in [-0.05, 0) is 26.6 Å². The van der Waals surface area contributed by atoms with Crippen molar-refractivity contribution < 1.29 is 9.32 Å². The number of nitrogens with zero attached hydrogens (tertiary/aromatic N) is 3. The second-order valence-electron chi connectivity index (χ2n) is 6.84. The van der Waals surface area contributed by atoms with Crippen LogP contribution in [0, 0.1) is 6.92 Å². The molecule has 27 heavy (non-hydrogen) atoms. The van der Waals surface area contributed by atoms with Gasteiger partial charge in [-0.25, -0.2) is 0 Å². The van der Waals surface area contributed by atoms with E-state index < -0.39 is 0 Å². The number of carbonyl (C=O) groups is 1. The van der Waals surface area contributed by atoms with Gasteiger partial charge < -0.3 is 14.3 Å². The minimum Gasteiger partial charge on any atom is -0.360 e. The number of benzene rings is 2. The van der Waals surface area contributed by atoms with Crippen LogP contribution in [0.2, 0.25) is 0 Å². The number of carbonyl (C=O) groups excluding carboxylic acids is 1. The third kappa shape index (κ3) is 4.63. The average Bonchev–Trinajstić information content (AvgIpc) is 3.07. The molecule has 0 fully saturated rings. The first kappa shape index (κ1) is 18.9. The fourth-order valence-corrected chi connectivity index (χ4v) is 2.95. The first-order valence-corrected chi connectivity index (χ1v) is 9.06. The Hall–Kier alpha value is -2.92. The molecule has 3 rings (SSSR count). The minimum absolute atomic E-state index is 0.0571. The molecule has 140 valence electrons. The Bertz CT molecular complexity index is 873. The number of aryl methyl sites for hydroxylation is 1. The maximum Gasteiger partial charge on any atom is 0.260 e. The lowest BCUT2D eigenvalue weighted by molar-refractivity contribution is 0.0731. The number of rotatable bonds is 7. The molecule has 0 aliphatic carbocycles. The first-order valence-electron chi connectivity index (χ1n) is 9.06. The Labute approximate surface area is 160 Å². The molecule has 0 saturated carbocycles. The van der Waals surface area contributed by atoms with Gasteiger partial charge in [0.2, 0.25) is 0 Å². The van der Waals surface area contributed by atoms with Crippen LogP contribution in [0.25, 0.3) is 11.3 Å². The van der Waals surface area contributed by atoms with Crippen LogP contribution in [0.1, 0.15) is 21.7 Å². The quantitative estimate of drug-likeness (QED) is 0.640. The molecular weight excluding hydrogens is 338 g/mol. The molecule has 0 saturated heterocycles. The van der Waals surface area contributed by atoms with Crippen LogP contribution in [-0.2, 0) is 6.54 Å². The molecular formula is C22H25N3O2. The van der Waals surface area contributed by atoms with Crippen molar-refractivity contribution in [1.82, 2.24) is 15.0 Å². The van der Waals surface area contributed by atoms with Crippen LogP contribution in [-0.4, -0.2) is 48.0 Å². The van der Waals surface area contributed by atoms with Crippen molar-refractivity contribution in [2.24, 2.45) is 0 Å². The number of likely N-dealkylation sites (N-methyl/N-ethyl adjacent to an activating group) is 1. The van der Waals surface area contributed by atoms with E-state index >= 15 is 0 Å². The number of amides is 1. The van der Waals surface area contributed by atoms with E-state index in [1.807, 2.05) is 79.7 Å². The average molecular weight is 363 g/mol. The van der Waals surface area contributed by atoms with Crippen molar-refractivity contribution in [3.63, 3.8) is 0 Å². The van der Waals surface area contributed by atoms with E-state index in [0.717, 1.165) is 17.7 Å². The summed E-state index contributed by atoms with van der Waals surface area (Å²) >= 11 is 0. The summed E-state index contributed by atoms with van der Waals surface area (Å²) < 4.78 is 5.39. The first-order chi connectivity index (χ1) is 13.1. The second-order valence-corrected chi connectivity index (χ2v) is 6.84. The van der Waals surface area contributed by atoms with Gasteiger partial charge in [0.05, 0.1) is 0 Å². The number of hydrogen-bond acceptors (Lipinski definition) is 4. The van der Waals surface area contributed by atoms with Crippen LogP contribution in [0.3, 0.4) is 0 Å². The zero-order valence-corrected chi connectivity index (χ0v) is 16.1. The van der Waals surface area contributed by atoms with Crippen LogP contribution >= 0.6 is 0 Å². The van der Waals surface area contributed by atoms with E-state index in [4.69, 9.17) is 4.52 Å². The largest absolute Gasteiger partial charge is 0.360 e. The van der Waals surface area contributed by atoms with Crippen LogP contribution < -0.4 is 0 Å². The summed E-state index contributed by atoms with van der Waals surface area (Å²) in [5, 5.41) is 4.16. The molecule has 0 radical (unpaired) electrons. The molecule has 0 unspecified atom stereocenters. The van der Waals surface area contributed by atoms with E-state index in [1.54, 1.807) is 6.92 Å². The van der Waals surface area contributed by atoms with E-state index in [2.05, 4.69) is 10.1 Å². The highest BCUT2D eigenvalue weighted by atomic mass is 16.5. The molecule has 1 aromatic heterocycles. The van der Waals surface area contributed by atoms with Gasteiger partial charge in [-0.2, -0.15) is 0 Å². The molecule has 2 aromatic carbocycles. The summed E-state index contributed by atoms with van der Waals surface area (Å²) in [5.41, 5.74) is 3.11. The Morgan fingerprint density at radius 3 is 2.22 bits per heavy atom. The molecule has 0 bridgehead atoms. The molecule has 1 heterocycles. The molecule has 5 nitrogen and oxygen atoms in total. The lowest BCUT2D eigenvalue weighted by atomic mass is 10.0. The number of aromatic nitrogens is 1. The van der Waals surface area contributed by atoms with E-state index in [9.17, 15) is 4.79 Å². The van der Waals surface area contributed by atoms with Crippen molar-refractivity contribution in [1.29, 1.82) is 0 Å². The standard InChI is InChI=1S/C22H25N3O2/c1-17-20(21(23-27-17)19-12-8-5-9-13-19)22(26)25(15-14-24(2)3)16-18-10-6-4-7-11-18/h4-13H,14-16H2,1-3H3. The van der Waals surface area contributed by atoms with Crippen molar-refractivity contribution in [3.8, 4) is 11.3 Å². The molecule has 0 atom stereocenters. The molecule has 5 heteroatoms. The molecule has 3 aromatic rings. The maximum atomic E-state index is 13.4. The molecule has 0 aliphatic heterocycles.